The summed E-state index contributed by atoms with van der Waals surface area (Å²) in [6.07, 6.45) is 3.75. The Labute approximate surface area is 163 Å². The standard InChI is InChI=1S/C20H26N6O2/c1-11-14(18(28)24-17-16(11)12(2)25-26(17)6)7-8-15(27)23-13-9-21-19(22-10-13)20(3,4)5/h9-10H,7-8H2,1-6H3,(H,23,27)(H,24,28). The van der Waals surface area contributed by atoms with Gasteiger partial charge in [0.15, 0.2) is 0 Å². The number of hydrogen-bond acceptors (Lipinski definition) is 5. The van der Waals surface area contributed by atoms with E-state index in [1.807, 2.05) is 34.6 Å². The number of fused-ring (bicyclic) bond motifs is 1. The quantitative estimate of drug-likeness (QED) is 0.721. The Morgan fingerprint density at radius 2 is 1.86 bits per heavy atom. The predicted molar refractivity (Wildman–Crippen MR) is 108 cm³/mol. The number of H-pyrrole nitrogens is 1. The lowest BCUT2D eigenvalue weighted by Crippen LogP contribution is -2.20. The minimum atomic E-state index is -0.186. The predicted octanol–water partition coefficient (Wildman–Crippen LogP) is 2.54. The van der Waals surface area contributed by atoms with E-state index in [0.29, 0.717) is 29.1 Å². The second-order valence-electron chi connectivity index (χ2n) is 8.08. The van der Waals surface area contributed by atoms with Crippen LogP contribution in [0.5, 0.6) is 0 Å². The van der Waals surface area contributed by atoms with Crippen molar-refractivity contribution < 1.29 is 4.79 Å². The van der Waals surface area contributed by atoms with Gasteiger partial charge in [0.1, 0.15) is 11.5 Å². The molecule has 0 aromatic carbocycles. The number of rotatable bonds is 4. The third kappa shape index (κ3) is 3.81. The van der Waals surface area contributed by atoms with Crippen molar-refractivity contribution in [2.24, 2.45) is 7.05 Å². The van der Waals surface area contributed by atoms with Gasteiger partial charge in [-0.25, -0.2) is 9.97 Å². The van der Waals surface area contributed by atoms with E-state index in [1.165, 1.54) is 0 Å². The molecule has 0 fully saturated rings. The first-order valence-corrected chi connectivity index (χ1v) is 9.25. The van der Waals surface area contributed by atoms with Gasteiger partial charge in [-0.2, -0.15) is 5.10 Å². The second kappa shape index (κ2) is 7.18. The molecule has 1 amide bonds. The molecule has 0 unspecified atom stereocenters. The van der Waals surface area contributed by atoms with Gasteiger partial charge >= 0.3 is 0 Å². The molecule has 0 bridgehead atoms. The lowest BCUT2D eigenvalue weighted by Gasteiger charge is -2.16. The number of aromatic nitrogens is 5. The molecule has 0 aliphatic carbocycles. The summed E-state index contributed by atoms with van der Waals surface area (Å²) in [6, 6.07) is 0. The average Bonchev–Trinajstić information content (AvgIpc) is 2.88. The average molecular weight is 382 g/mol. The van der Waals surface area contributed by atoms with E-state index < -0.39 is 0 Å². The number of nitrogens with zero attached hydrogens (tertiary/aromatic N) is 4. The van der Waals surface area contributed by atoms with E-state index in [9.17, 15) is 9.59 Å². The zero-order valence-electron chi connectivity index (χ0n) is 17.2. The molecule has 3 aromatic heterocycles. The Morgan fingerprint density at radius 3 is 2.46 bits per heavy atom. The SMILES string of the molecule is Cc1nn(C)c2[nH]c(=O)c(CCC(=O)Nc3cnc(C(C)(C)C)nc3)c(C)c12. The van der Waals surface area contributed by atoms with Crippen LogP contribution in [-0.4, -0.2) is 30.6 Å². The molecule has 8 heteroatoms. The van der Waals surface area contributed by atoms with Gasteiger partial charge in [0.2, 0.25) is 5.91 Å². The summed E-state index contributed by atoms with van der Waals surface area (Å²) in [5.74, 6) is 0.529. The maximum absolute atomic E-state index is 12.5. The highest BCUT2D eigenvalue weighted by molar-refractivity contribution is 5.90. The molecule has 8 nitrogen and oxygen atoms in total. The fourth-order valence-corrected chi connectivity index (χ4v) is 3.30. The van der Waals surface area contributed by atoms with Crippen molar-refractivity contribution in [2.75, 3.05) is 5.32 Å². The summed E-state index contributed by atoms with van der Waals surface area (Å²) in [7, 11) is 1.80. The second-order valence-corrected chi connectivity index (χ2v) is 8.08. The highest BCUT2D eigenvalue weighted by Gasteiger charge is 2.18. The van der Waals surface area contributed by atoms with Gasteiger partial charge in [0.25, 0.3) is 5.56 Å². The third-order valence-electron chi connectivity index (χ3n) is 4.76. The molecule has 0 radical (unpaired) electrons. The number of pyridine rings is 1. The maximum atomic E-state index is 12.5. The number of anilines is 1. The van der Waals surface area contributed by atoms with Crippen molar-refractivity contribution >= 4 is 22.6 Å². The van der Waals surface area contributed by atoms with Crippen LogP contribution in [0.4, 0.5) is 5.69 Å². The first-order chi connectivity index (χ1) is 13.1. The molecule has 0 aliphatic rings. The monoisotopic (exact) mass is 382 g/mol. The first kappa shape index (κ1) is 19.7. The third-order valence-corrected chi connectivity index (χ3v) is 4.76. The van der Waals surface area contributed by atoms with Crippen LogP contribution < -0.4 is 10.9 Å². The maximum Gasteiger partial charge on any atom is 0.253 e. The lowest BCUT2D eigenvalue weighted by molar-refractivity contribution is -0.116. The van der Waals surface area contributed by atoms with Gasteiger partial charge in [-0.15, -0.1) is 0 Å². The lowest BCUT2D eigenvalue weighted by atomic mass is 9.96. The molecule has 3 heterocycles. The number of amides is 1. The minimum Gasteiger partial charge on any atom is -0.323 e. The number of hydrogen-bond donors (Lipinski definition) is 2. The molecule has 0 saturated heterocycles. The van der Waals surface area contributed by atoms with Gasteiger partial charge in [-0.3, -0.25) is 14.3 Å². The topological polar surface area (TPSA) is 106 Å². The molecular weight excluding hydrogens is 356 g/mol. The van der Waals surface area contributed by atoms with Gasteiger partial charge < -0.3 is 10.3 Å². The van der Waals surface area contributed by atoms with E-state index in [4.69, 9.17) is 0 Å². The summed E-state index contributed by atoms with van der Waals surface area (Å²) in [5, 5.41) is 8.09. The van der Waals surface area contributed by atoms with Crippen LogP contribution in [0.25, 0.3) is 11.0 Å². The van der Waals surface area contributed by atoms with E-state index in [0.717, 1.165) is 16.6 Å². The molecule has 148 valence electrons. The fraction of sp³-hybridized carbons (Fsp3) is 0.450. The molecule has 0 atom stereocenters. The highest BCUT2D eigenvalue weighted by Crippen LogP contribution is 2.21. The minimum absolute atomic E-state index is 0.149. The summed E-state index contributed by atoms with van der Waals surface area (Å²) in [6.45, 7) is 9.90. The number of carbonyl (C=O) groups excluding carboxylic acids is 1. The zero-order valence-corrected chi connectivity index (χ0v) is 17.2. The van der Waals surface area contributed by atoms with E-state index in [-0.39, 0.29) is 23.3 Å². The smallest absolute Gasteiger partial charge is 0.253 e. The fourth-order valence-electron chi connectivity index (χ4n) is 3.30. The molecule has 2 N–H and O–H groups in total. The van der Waals surface area contributed by atoms with Crippen LogP contribution in [-0.2, 0) is 23.7 Å². The Bertz CT molecular complexity index is 1090. The Kier molecular flexibility index (Phi) is 5.06. The molecule has 0 saturated carbocycles. The normalized spacial score (nSPS) is 11.8. The Morgan fingerprint density at radius 1 is 1.21 bits per heavy atom. The molecule has 0 spiro atoms. The highest BCUT2D eigenvalue weighted by atomic mass is 16.1. The van der Waals surface area contributed by atoms with Crippen LogP contribution in [0.3, 0.4) is 0 Å². The van der Waals surface area contributed by atoms with Crippen LogP contribution in [0.2, 0.25) is 0 Å². The number of aromatic amines is 1. The van der Waals surface area contributed by atoms with E-state index in [2.05, 4.69) is 25.4 Å². The van der Waals surface area contributed by atoms with Crippen LogP contribution >= 0.6 is 0 Å². The van der Waals surface area contributed by atoms with Crippen molar-refractivity contribution in [1.29, 1.82) is 0 Å². The van der Waals surface area contributed by atoms with Crippen molar-refractivity contribution in [3.8, 4) is 0 Å². The first-order valence-electron chi connectivity index (χ1n) is 9.25. The summed E-state index contributed by atoms with van der Waals surface area (Å²) in [5.41, 5.74) is 3.25. The van der Waals surface area contributed by atoms with Crippen LogP contribution in [0.1, 0.15) is 49.8 Å². The summed E-state index contributed by atoms with van der Waals surface area (Å²) >= 11 is 0. The van der Waals surface area contributed by atoms with Gasteiger partial charge in [-0.1, -0.05) is 20.8 Å². The molecular formula is C20H26N6O2. The van der Waals surface area contributed by atoms with Gasteiger partial charge in [0, 0.05) is 29.8 Å². The molecule has 3 aromatic rings. The van der Waals surface area contributed by atoms with Crippen molar-refractivity contribution in [1.82, 2.24) is 24.7 Å². The van der Waals surface area contributed by atoms with Crippen molar-refractivity contribution in [2.45, 2.75) is 52.9 Å². The van der Waals surface area contributed by atoms with Crippen LogP contribution in [0, 0.1) is 13.8 Å². The molecule has 0 aliphatic heterocycles. The summed E-state index contributed by atoms with van der Waals surface area (Å²) < 4.78 is 1.66. The van der Waals surface area contributed by atoms with Gasteiger partial charge in [0.05, 0.1) is 23.8 Å². The summed E-state index contributed by atoms with van der Waals surface area (Å²) in [4.78, 5) is 36.3. The van der Waals surface area contributed by atoms with Crippen molar-refractivity contribution in [3.63, 3.8) is 0 Å². The molecule has 3 rings (SSSR count). The zero-order chi connectivity index (χ0) is 20.6. The van der Waals surface area contributed by atoms with Gasteiger partial charge in [-0.05, 0) is 25.8 Å². The van der Waals surface area contributed by atoms with Crippen LogP contribution in [0.15, 0.2) is 17.2 Å². The molecule has 28 heavy (non-hydrogen) atoms. The van der Waals surface area contributed by atoms with Crippen molar-refractivity contribution in [3.05, 3.63) is 45.4 Å². The Balaban J connectivity index is 1.73. The van der Waals surface area contributed by atoms with E-state index >= 15 is 0 Å². The largest absolute Gasteiger partial charge is 0.323 e. The van der Waals surface area contributed by atoms with E-state index in [1.54, 1.807) is 24.1 Å². The number of aryl methyl sites for hydroxylation is 3. The number of nitrogens with one attached hydrogen (secondary N) is 2. The number of carbonyl (C=O) groups is 1. The Hall–Kier alpha value is -3.03.